The number of urea groups is 1. The third kappa shape index (κ3) is 3.93. The summed E-state index contributed by atoms with van der Waals surface area (Å²) < 4.78 is 4.64. The van der Waals surface area contributed by atoms with Crippen molar-refractivity contribution in [2.24, 2.45) is 0 Å². The molecule has 0 aromatic heterocycles. The Bertz CT molecular complexity index is 414. The predicted octanol–water partition coefficient (Wildman–Crippen LogP) is 2.17. The van der Waals surface area contributed by atoms with Gasteiger partial charge in [-0.25, -0.2) is 4.79 Å². The van der Waals surface area contributed by atoms with Crippen molar-refractivity contribution in [3.05, 3.63) is 12.2 Å². The second-order valence-corrected chi connectivity index (χ2v) is 6.73. The summed E-state index contributed by atoms with van der Waals surface area (Å²) in [6, 6.07) is 0.623. The van der Waals surface area contributed by atoms with Crippen molar-refractivity contribution < 1.29 is 14.3 Å². The molecule has 0 aliphatic carbocycles. The van der Waals surface area contributed by atoms with Crippen LogP contribution in [0, 0.1) is 0 Å². The molecular formula is C15H24N2O3S. The van der Waals surface area contributed by atoms with Crippen LogP contribution in [-0.2, 0) is 9.53 Å². The number of carbonyl (C=O) groups is 2. The summed E-state index contributed by atoms with van der Waals surface area (Å²) in [5.41, 5.74) is 0. The molecule has 0 bridgehead atoms. The molecule has 2 aliphatic rings. The van der Waals surface area contributed by atoms with Gasteiger partial charge in [0, 0.05) is 24.0 Å². The lowest BCUT2D eigenvalue weighted by molar-refractivity contribution is -0.140. The molecule has 5 nitrogen and oxygen atoms in total. The first-order chi connectivity index (χ1) is 10.2. The molecule has 0 spiro atoms. The van der Waals surface area contributed by atoms with Crippen LogP contribution < -0.4 is 5.32 Å². The van der Waals surface area contributed by atoms with Crippen LogP contribution in [0.15, 0.2) is 12.2 Å². The van der Waals surface area contributed by atoms with E-state index < -0.39 is 0 Å². The number of hydrogen-bond donors (Lipinski definition) is 1. The van der Waals surface area contributed by atoms with Gasteiger partial charge in [0.2, 0.25) is 0 Å². The molecule has 6 heteroatoms. The Morgan fingerprint density at radius 1 is 1.52 bits per heavy atom. The number of nitrogens with zero attached hydrogens (tertiary/aromatic N) is 1. The van der Waals surface area contributed by atoms with Gasteiger partial charge in [-0.3, -0.25) is 4.79 Å². The van der Waals surface area contributed by atoms with Crippen LogP contribution in [0.2, 0.25) is 0 Å². The van der Waals surface area contributed by atoms with Crippen molar-refractivity contribution in [3.8, 4) is 0 Å². The molecule has 118 valence electrons. The van der Waals surface area contributed by atoms with Crippen molar-refractivity contribution >= 4 is 23.8 Å². The maximum Gasteiger partial charge on any atom is 0.318 e. The standard InChI is InChI=1S/C15H24N2O3S/c1-3-4-9-17-11-10-21-12(14(11)16-15(17)19)7-5-6-8-13(18)20-2/h3-4,11-12,14H,5-10H2,1-2H3,(H,16,19)/b4-3+/t11-,12-,14-/m0/s1. The third-order valence-electron chi connectivity index (χ3n) is 4.13. The Morgan fingerprint density at radius 3 is 3.05 bits per heavy atom. The van der Waals surface area contributed by atoms with E-state index in [4.69, 9.17) is 0 Å². The van der Waals surface area contributed by atoms with E-state index >= 15 is 0 Å². The average molecular weight is 312 g/mol. The van der Waals surface area contributed by atoms with Gasteiger partial charge < -0.3 is 15.0 Å². The molecule has 2 aliphatic heterocycles. The number of carbonyl (C=O) groups excluding carboxylic acids is 2. The zero-order valence-electron chi connectivity index (χ0n) is 12.7. The van der Waals surface area contributed by atoms with Gasteiger partial charge in [0.15, 0.2) is 0 Å². The highest BCUT2D eigenvalue weighted by atomic mass is 32.2. The molecule has 0 unspecified atom stereocenters. The minimum Gasteiger partial charge on any atom is -0.469 e. The third-order valence-corrected chi connectivity index (χ3v) is 5.62. The van der Waals surface area contributed by atoms with Crippen molar-refractivity contribution in [1.82, 2.24) is 10.2 Å². The van der Waals surface area contributed by atoms with Crippen LogP contribution in [0.4, 0.5) is 4.79 Å². The van der Waals surface area contributed by atoms with Crippen molar-refractivity contribution in [2.45, 2.75) is 49.9 Å². The SMILES string of the molecule is C/C=C/CN1C(=O)N[C@@H]2[C@H](CCCCC(=O)OC)SC[C@@H]21. The van der Waals surface area contributed by atoms with Crippen LogP contribution in [0.3, 0.4) is 0 Å². The molecule has 1 N–H and O–H groups in total. The van der Waals surface area contributed by atoms with Crippen LogP contribution in [-0.4, -0.2) is 53.6 Å². The molecular weight excluding hydrogens is 288 g/mol. The smallest absolute Gasteiger partial charge is 0.318 e. The van der Waals surface area contributed by atoms with E-state index in [1.807, 2.05) is 35.7 Å². The van der Waals surface area contributed by atoms with E-state index in [9.17, 15) is 9.59 Å². The number of hydrogen-bond acceptors (Lipinski definition) is 4. The maximum atomic E-state index is 12.0. The summed E-state index contributed by atoms with van der Waals surface area (Å²) in [7, 11) is 1.42. The minimum absolute atomic E-state index is 0.0583. The Kier molecular flexibility index (Phi) is 5.96. The Labute approximate surface area is 130 Å². The van der Waals surface area contributed by atoms with Crippen molar-refractivity contribution in [3.63, 3.8) is 0 Å². The summed E-state index contributed by atoms with van der Waals surface area (Å²) in [5.74, 6) is 0.862. The van der Waals surface area contributed by atoms with E-state index in [1.54, 1.807) is 0 Å². The van der Waals surface area contributed by atoms with Gasteiger partial charge in [-0.05, 0) is 19.8 Å². The Morgan fingerprint density at radius 2 is 2.33 bits per heavy atom. The topological polar surface area (TPSA) is 58.6 Å². The minimum atomic E-state index is -0.140. The molecule has 3 atom stereocenters. The van der Waals surface area contributed by atoms with Crippen molar-refractivity contribution in [2.75, 3.05) is 19.4 Å². The zero-order valence-corrected chi connectivity index (χ0v) is 13.5. The molecule has 0 aromatic carbocycles. The quantitative estimate of drug-likeness (QED) is 0.339. The number of thioether (sulfide) groups is 1. The number of amides is 2. The predicted molar refractivity (Wildman–Crippen MR) is 84.4 cm³/mol. The molecule has 2 saturated heterocycles. The second kappa shape index (κ2) is 7.73. The van der Waals surface area contributed by atoms with Gasteiger partial charge in [0.05, 0.1) is 19.2 Å². The first-order valence-corrected chi connectivity index (χ1v) is 8.59. The molecule has 0 radical (unpaired) electrons. The summed E-state index contributed by atoms with van der Waals surface area (Å²) >= 11 is 1.94. The van der Waals surface area contributed by atoms with Crippen LogP contribution in [0.25, 0.3) is 0 Å². The Balaban J connectivity index is 1.78. The highest BCUT2D eigenvalue weighted by Crippen LogP contribution is 2.36. The van der Waals surface area contributed by atoms with Gasteiger partial charge in [-0.2, -0.15) is 11.8 Å². The molecule has 2 amide bonds. The van der Waals surface area contributed by atoms with E-state index in [0.717, 1.165) is 25.0 Å². The normalized spacial score (nSPS) is 28.0. The molecule has 2 fully saturated rings. The van der Waals surface area contributed by atoms with E-state index in [-0.39, 0.29) is 18.0 Å². The summed E-state index contributed by atoms with van der Waals surface area (Å²) in [6.45, 7) is 2.66. The summed E-state index contributed by atoms with van der Waals surface area (Å²) in [4.78, 5) is 25.0. The largest absolute Gasteiger partial charge is 0.469 e. The number of unbranched alkanes of at least 4 members (excludes halogenated alkanes) is 1. The monoisotopic (exact) mass is 312 g/mol. The number of methoxy groups -OCH3 is 1. The van der Waals surface area contributed by atoms with E-state index in [0.29, 0.717) is 24.3 Å². The molecule has 0 saturated carbocycles. The summed E-state index contributed by atoms with van der Waals surface area (Å²) in [6.07, 6.45) is 7.39. The van der Waals surface area contributed by atoms with Gasteiger partial charge in [0.1, 0.15) is 0 Å². The number of fused-ring (bicyclic) bond motifs is 1. The van der Waals surface area contributed by atoms with Gasteiger partial charge in [0.25, 0.3) is 0 Å². The molecule has 21 heavy (non-hydrogen) atoms. The Hall–Kier alpha value is -1.17. The fraction of sp³-hybridized carbons (Fsp3) is 0.733. The second-order valence-electron chi connectivity index (χ2n) is 5.46. The average Bonchev–Trinajstić information content (AvgIpc) is 3.00. The van der Waals surface area contributed by atoms with Crippen LogP contribution in [0.5, 0.6) is 0 Å². The molecule has 0 aromatic rings. The molecule has 2 heterocycles. The van der Waals surface area contributed by atoms with Crippen LogP contribution >= 0.6 is 11.8 Å². The number of nitrogens with one attached hydrogen (secondary N) is 1. The summed E-state index contributed by atoms with van der Waals surface area (Å²) in [5, 5.41) is 3.59. The fourth-order valence-electron chi connectivity index (χ4n) is 2.94. The maximum absolute atomic E-state index is 12.0. The highest BCUT2D eigenvalue weighted by Gasteiger charge is 2.47. The van der Waals surface area contributed by atoms with Gasteiger partial charge in [-0.15, -0.1) is 0 Å². The number of esters is 1. The number of rotatable bonds is 7. The lowest BCUT2D eigenvalue weighted by atomic mass is 10.0. The van der Waals surface area contributed by atoms with Crippen LogP contribution in [0.1, 0.15) is 32.6 Å². The zero-order chi connectivity index (χ0) is 15.2. The first-order valence-electron chi connectivity index (χ1n) is 7.54. The van der Waals surface area contributed by atoms with E-state index in [2.05, 4.69) is 10.1 Å². The number of allylic oxidation sites excluding steroid dienone is 1. The van der Waals surface area contributed by atoms with Gasteiger partial charge >= 0.3 is 12.0 Å². The molecule has 2 rings (SSSR count). The number of ether oxygens (including phenoxy) is 1. The lowest BCUT2D eigenvalue weighted by Gasteiger charge is -2.20. The van der Waals surface area contributed by atoms with Crippen molar-refractivity contribution in [1.29, 1.82) is 0 Å². The first kappa shape index (κ1) is 16.2. The van der Waals surface area contributed by atoms with Gasteiger partial charge in [-0.1, -0.05) is 18.6 Å². The highest BCUT2D eigenvalue weighted by molar-refractivity contribution is 8.00. The lowest BCUT2D eigenvalue weighted by Crippen LogP contribution is -2.38. The van der Waals surface area contributed by atoms with E-state index in [1.165, 1.54) is 7.11 Å². The fourth-order valence-corrected chi connectivity index (χ4v) is 4.57.